The number of ether oxygens (including phenoxy) is 1. The first-order chi connectivity index (χ1) is 8.25. The summed E-state index contributed by atoms with van der Waals surface area (Å²) in [6.45, 7) is 1.25. The van der Waals surface area contributed by atoms with E-state index >= 15 is 0 Å². The van der Waals surface area contributed by atoms with E-state index in [1.807, 2.05) is 0 Å². The van der Waals surface area contributed by atoms with Crippen molar-refractivity contribution in [3.8, 4) is 11.5 Å². The van der Waals surface area contributed by atoms with Gasteiger partial charge < -0.3 is 20.3 Å². The van der Waals surface area contributed by atoms with Gasteiger partial charge in [-0.3, -0.25) is 0 Å². The van der Waals surface area contributed by atoms with E-state index in [-0.39, 0.29) is 18.4 Å². The van der Waals surface area contributed by atoms with Crippen LogP contribution in [-0.4, -0.2) is 35.5 Å². The van der Waals surface area contributed by atoms with Crippen LogP contribution in [-0.2, 0) is 0 Å². The number of hydrogen-bond donors (Lipinski definition) is 3. The van der Waals surface area contributed by atoms with Crippen LogP contribution in [0.15, 0.2) is 24.3 Å². The molecule has 1 aliphatic heterocycles. The van der Waals surface area contributed by atoms with E-state index in [0.29, 0.717) is 5.75 Å². The lowest BCUT2D eigenvalue weighted by Gasteiger charge is -2.27. The van der Waals surface area contributed by atoms with Gasteiger partial charge in [0.15, 0.2) is 0 Å². The molecule has 0 amide bonds. The zero-order valence-electron chi connectivity index (χ0n) is 9.80. The second kappa shape index (κ2) is 5.89. The van der Waals surface area contributed by atoms with E-state index < -0.39 is 6.10 Å². The Kier molecular flexibility index (Phi) is 4.23. The molecule has 0 aromatic heterocycles. The monoisotopic (exact) mass is 237 g/mol. The topological polar surface area (TPSA) is 61.7 Å². The molecule has 1 saturated heterocycles. The molecule has 1 aromatic rings. The number of aliphatic hydroxyl groups is 1. The van der Waals surface area contributed by atoms with Crippen molar-refractivity contribution in [1.82, 2.24) is 5.32 Å². The first kappa shape index (κ1) is 12.2. The van der Waals surface area contributed by atoms with E-state index in [4.69, 9.17) is 9.84 Å². The van der Waals surface area contributed by atoms with E-state index in [1.54, 1.807) is 24.3 Å². The predicted octanol–water partition coefficient (Wildman–Crippen LogP) is 1.27. The Morgan fingerprint density at radius 2 is 2.06 bits per heavy atom. The van der Waals surface area contributed by atoms with Crippen LogP contribution >= 0.6 is 0 Å². The fourth-order valence-electron chi connectivity index (χ4n) is 2.05. The van der Waals surface area contributed by atoms with Gasteiger partial charge in [0, 0.05) is 6.04 Å². The van der Waals surface area contributed by atoms with Gasteiger partial charge in [0.25, 0.3) is 0 Å². The molecule has 0 radical (unpaired) electrons. The minimum absolute atomic E-state index is 0.140. The van der Waals surface area contributed by atoms with E-state index in [2.05, 4.69) is 5.32 Å². The Bertz CT molecular complexity index is 333. The summed E-state index contributed by atoms with van der Waals surface area (Å²) in [4.78, 5) is 0. The van der Waals surface area contributed by atoms with Crippen molar-refractivity contribution in [3.05, 3.63) is 24.3 Å². The first-order valence-electron chi connectivity index (χ1n) is 6.09. The molecule has 17 heavy (non-hydrogen) atoms. The quantitative estimate of drug-likeness (QED) is 0.738. The molecule has 3 N–H and O–H groups in total. The highest BCUT2D eigenvalue weighted by atomic mass is 16.5. The number of piperidine rings is 1. The molecule has 0 saturated carbocycles. The van der Waals surface area contributed by atoms with Crippen LogP contribution in [0.2, 0.25) is 0 Å². The average Bonchev–Trinajstić information content (AvgIpc) is 2.39. The van der Waals surface area contributed by atoms with Crippen molar-refractivity contribution in [2.24, 2.45) is 0 Å². The molecule has 1 aliphatic rings. The molecule has 2 rings (SSSR count). The summed E-state index contributed by atoms with van der Waals surface area (Å²) >= 11 is 0. The highest BCUT2D eigenvalue weighted by Crippen LogP contribution is 2.17. The summed E-state index contributed by atoms with van der Waals surface area (Å²) in [5.74, 6) is 0.879. The summed E-state index contributed by atoms with van der Waals surface area (Å²) in [6.07, 6.45) is 2.86. The van der Waals surface area contributed by atoms with Crippen LogP contribution in [0.4, 0.5) is 0 Å². The number of rotatable bonds is 4. The Morgan fingerprint density at radius 1 is 1.29 bits per heavy atom. The zero-order valence-corrected chi connectivity index (χ0v) is 9.80. The van der Waals surface area contributed by atoms with Crippen LogP contribution in [0.5, 0.6) is 11.5 Å². The minimum Gasteiger partial charge on any atom is -0.508 e. The number of phenols is 1. The largest absolute Gasteiger partial charge is 0.508 e. The molecular formula is C13H19NO3. The smallest absolute Gasteiger partial charge is 0.119 e. The van der Waals surface area contributed by atoms with Gasteiger partial charge in [-0.2, -0.15) is 0 Å². The third-order valence-electron chi connectivity index (χ3n) is 3.07. The van der Waals surface area contributed by atoms with E-state index in [9.17, 15) is 5.11 Å². The fraction of sp³-hybridized carbons (Fsp3) is 0.538. The Balaban J connectivity index is 1.78. The normalized spacial score (nSPS) is 22.1. The number of aliphatic hydroxyl groups excluding tert-OH is 1. The summed E-state index contributed by atoms with van der Waals surface area (Å²) in [7, 11) is 0. The number of hydrogen-bond acceptors (Lipinski definition) is 4. The summed E-state index contributed by atoms with van der Waals surface area (Å²) in [5.41, 5.74) is 0. The van der Waals surface area contributed by atoms with Crippen molar-refractivity contribution in [3.63, 3.8) is 0 Å². The van der Waals surface area contributed by atoms with Gasteiger partial charge in [-0.1, -0.05) is 6.42 Å². The minimum atomic E-state index is -0.482. The second-order valence-electron chi connectivity index (χ2n) is 4.43. The molecule has 1 fully saturated rings. The molecule has 4 nitrogen and oxygen atoms in total. The Hall–Kier alpha value is -1.26. The van der Waals surface area contributed by atoms with Crippen molar-refractivity contribution < 1.29 is 14.9 Å². The lowest BCUT2D eigenvalue weighted by molar-refractivity contribution is 0.0639. The van der Waals surface area contributed by atoms with Gasteiger partial charge in [0.05, 0.1) is 0 Å². The first-order valence-corrected chi connectivity index (χ1v) is 6.09. The van der Waals surface area contributed by atoms with Crippen LogP contribution in [0, 0.1) is 0 Å². The molecule has 0 spiro atoms. The maximum atomic E-state index is 9.95. The van der Waals surface area contributed by atoms with E-state index in [1.165, 1.54) is 6.42 Å². The summed E-state index contributed by atoms with van der Waals surface area (Å²) < 4.78 is 5.47. The van der Waals surface area contributed by atoms with Gasteiger partial charge in [-0.25, -0.2) is 0 Å². The third-order valence-corrected chi connectivity index (χ3v) is 3.07. The van der Waals surface area contributed by atoms with Crippen molar-refractivity contribution in [1.29, 1.82) is 0 Å². The SMILES string of the molecule is Oc1ccc(OC[C@@H](O)[C@@H]2CCCCN2)cc1. The highest BCUT2D eigenvalue weighted by Gasteiger charge is 2.21. The predicted molar refractivity (Wildman–Crippen MR) is 65.3 cm³/mol. The molecule has 1 aromatic carbocycles. The van der Waals surface area contributed by atoms with Gasteiger partial charge in [0.1, 0.15) is 24.2 Å². The van der Waals surface area contributed by atoms with Crippen molar-refractivity contribution >= 4 is 0 Å². The van der Waals surface area contributed by atoms with Crippen molar-refractivity contribution in [2.45, 2.75) is 31.4 Å². The second-order valence-corrected chi connectivity index (χ2v) is 4.43. The molecule has 0 bridgehead atoms. The van der Waals surface area contributed by atoms with Crippen LogP contribution in [0.3, 0.4) is 0 Å². The molecular weight excluding hydrogens is 218 g/mol. The molecule has 2 atom stereocenters. The molecule has 4 heteroatoms. The van der Waals surface area contributed by atoms with Gasteiger partial charge >= 0.3 is 0 Å². The number of nitrogens with one attached hydrogen (secondary N) is 1. The average molecular weight is 237 g/mol. The van der Waals surface area contributed by atoms with E-state index in [0.717, 1.165) is 19.4 Å². The van der Waals surface area contributed by atoms with Crippen LogP contribution in [0.25, 0.3) is 0 Å². The lowest BCUT2D eigenvalue weighted by atomic mass is 10.0. The molecule has 1 heterocycles. The van der Waals surface area contributed by atoms with Gasteiger partial charge in [-0.05, 0) is 43.7 Å². The van der Waals surface area contributed by atoms with Crippen molar-refractivity contribution in [2.75, 3.05) is 13.2 Å². The Morgan fingerprint density at radius 3 is 2.71 bits per heavy atom. The lowest BCUT2D eigenvalue weighted by Crippen LogP contribution is -2.45. The maximum Gasteiger partial charge on any atom is 0.119 e. The van der Waals surface area contributed by atoms with Gasteiger partial charge in [0.2, 0.25) is 0 Å². The molecule has 0 aliphatic carbocycles. The maximum absolute atomic E-state index is 9.95. The summed E-state index contributed by atoms with van der Waals surface area (Å²) in [6, 6.07) is 6.66. The Labute approximate surface area is 101 Å². The number of phenolic OH excluding ortho intramolecular Hbond substituents is 1. The fourth-order valence-corrected chi connectivity index (χ4v) is 2.05. The number of aromatic hydroxyl groups is 1. The standard InChI is InChI=1S/C13H19NO3/c15-10-4-6-11(7-5-10)17-9-13(16)12-3-1-2-8-14-12/h4-7,12-16H,1-3,8-9H2/t12-,13+/m0/s1. The molecule has 0 unspecified atom stereocenters. The van der Waals surface area contributed by atoms with Gasteiger partial charge in [-0.15, -0.1) is 0 Å². The summed E-state index contributed by atoms with van der Waals surface area (Å²) in [5, 5.41) is 22.4. The third kappa shape index (κ3) is 3.61. The van der Waals surface area contributed by atoms with Crippen LogP contribution < -0.4 is 10.1 Å². The molecule has 94 valence electrons. The highest BCUT2D eigenvalue weighted by molar-refractivity contribution is 5.30. The zero-order chi connectivity index (χ0) is 12.1. The number of benzene rings is 1. The van der Waals surface area contributed by atoms with Crippen LogP contribution in [0.1, 0.15) is 19.3 Å².